The van der Waals surface area contributed by atoms with Crippen molar-refractivity contribution in [3.8, 4) is 0 Å². The van der Waals surface area contributed by atoms with Crippen molar-refractivity contribution in [2.75, 3.05) is 21.9 Å². The summed E-state index contributed by atoms with van der Waals surface area (Å²) in [6, 6.07) is 12.0. The highest BCUT2D eigenvalue weighted by Crippen LogP contribution is 2.29. The molecule has 2 aromatic carbocycles. The maximum Gasteiger partial charge on any atom is 0.257 e. The zero-order valence-electron chi connectivity index (χ0n) is 13.1. The van der Waals surface area contributed by atoms with E-state index < -0.39 is 10.0 Å². The predicted octanol–water partition coefficient (Wildman–Crippen LogP) is 3.44. The first kappa shape index (κ1) is 16.8. The molecule has 7 heteroatoms. The number of halogens is 1. The van der Waals surface area contributed by atoms with Crippen LogP contribution in [0.1, 0.15) is 22.3 Å². The number of sulfonamides is 1. The first-order valence-corrected chi connectivity index (χ1v) is 9.54. The predicted molar refractivity (Wildman–Crippen MR) is 96.3 cm³/mol. The molecule has 0 aliphatic carbocycles. The first-order valence-electron chi connectivity index (χ1n) is 7.55. The molecule has 0 atom stereocenters. The molecule has 1 amide bonds. The lowest BCUT2D eigenvalue weighted by Crippen LogP contribution is -2.25. The minimum absolute atomic E-state index is 0.155. The van der Waals surface area contributed by atoms with Crippen molar-refractivity contribution in [2.24, 2.45) is 0 Å². The second kappa shape index (κ2) is 6.45. The molecule has 3 rings (SSSR count). The van der Waals surface area contributed by atoms with Crippen molar-refractivity contribution < 1.29 is 13.2 Å². The van der Waals surface area contributed by atoms with E-state index >= 15 is 0 Å². The van der Waals surface area contributed by atoms with E-state index in [2.05, 4.69) is 5.32 Å². The molecule has 0 bridgehead atoms. The number of benzene rings is 2. The van der Waals surface area contributed by atoms with Crippen molar-refractivity contribution in [3.05, 3.63) is 58.6 Å². The van der Waals surface area contributed by atoms with Gasteiger partial charge in [-0.1, -0.05) is 29.8 Å². The number of carbonyl (C=O) groups is 1. The molecule has 0 saturated carbocycles. The van der Waals surface area contributed by atoms with E-state index in [4.69, 9.17) is 11.6 Å². The Labute approximate surface area is 146 Å². The van der Waals surface area contributed by atoms with Crippen LogP contribution in [0.4, 0.5) is 11.4 Å². The van der Waals surface area contributed by atoms with E-state index in [9.17, 15) is 13.2 Å². The average Bonchev–Trinajstić information content (AvgIpc) is 2.89. The zero-order chi connectivity index (χ0) is 17.3. The van der Waals surface area contributed by atoms with Crippen LogP contribution in [-0.4, -0.2) is 26.6 Å². The lowest BCUT2D eigenvalue weighted by atomic mass is 10.1. The van der Waals surface area contributed by atoms with Gasteiger partial charge in [0.2, 0.25) is 10.0 Å². The highest BCUT2D eigenvalue weighted by molar-refractivity contribution is 7.93. The summed E-state index contributed by atoms with van der Waals surface area (Å²) < 4.78 is 25.5. The van der Waals surface area contributed by atoms with E-state index in [1.54, 1.807) is 42.5 Å². The number of hydrogen-bond acceptors (Lipinski definition) is 3. The van der Waals surface area contributed by atoms with Crippen molar-refractivity contribution in [2.45, 2.75) is 13.3 Å². The highest BCUT2D eigenvalue weighted by Gasteiger charge is 2.28. The molecule has 126 valence electrons. The summed E-state index contributed by atoms with van der Waals surface area (Å²) in [6.07, 6.45) is 0.609. The Kier molecular flexibility index (Phi) is 4.51. The van der Waals surface area contributed by atoms with Gasteiger partial charge < -0.3 is 5.32 Å². The Bertz CT molecular complexity index is 896. The molecule has 1 heterocycles. The topological polar surface area (TPSA) is 66.5 Å². The molecule has 1 fully saturated rings. The first-order chi connectivity index (χ1) is 11.4. The van der Waals surface area contributed by atoms with Gasteiger partial charge in [0.1, 0.15) is 0 Å². The largest absolute Gasteiger partial charge is 0.322 e. The minimum Gasteiger partial charge on any atom is -0.322 e. The Morgan fingerprint density at radius 1 is 1.21 bits per heavy atom. The summed E-state index contributed by atoms with van der Waals surface area (Å²) in [4.78, 5) is 12.4. The molecular formula is C17H17ClN2O3S. The molecular weight excluding hydrogens is 348 g/mol. The van der Waals surface area contributed by atoms with Gasteiger partial charge in [0.25, 0.3) is 5.91 Å². The SMILES string of the molecule is Cc1ccc(N2CCCS2(=O)=O)cc1NC(=O)c1ccccc1Cl. The van der Waals surface area contributed by atoms with Gasteiger partial charge in [0.15, 0.2) is 0 Å². The number of aryl methyl sites for hydroxylation is 1. The molecule has 1 N–H and O–H groups in total. The van der Waals surface area contributed by atoms with Gasteiger partial charge in [-0.25, -0.2) is 8.42 Å². The normalized spacial score (nSPS) is 16.2. The zero-order valence-corrected chi connectivity index (χ0v) is 14.7. The molecule has 0 unspecified atom stereocenters. The molecule has 24 heavy (non-hydrogen) atoms. The Hall–Kier alpha value is -2.05. The van der Waals surface area contributed by atoms with E-state index in [0.29, 0.717) is 34.9 Å². The van der Waals surface area contributed by atoms with E-state index in [0.717, 1.165) is 5.56 Å². The van der Waals surface area contributed by atoms with E-state index in [-0.39, 0.29) is 11.7 Å². The molecule has 0 aromatic heterocycles. The van der Waals surface area contributed by atoms with Gasteiger partial charge in [-0.05, 0) is 43.2 Å². The molecule has 1 saturated heterocycles. The van der Waals surface area contributed by atoms with Crippen LogP contribution in [0.5, 0.6) is 0 Å². The number of nitrogens with one attached hydrogen (secondary N) is 1. The van der Waals surface area contributed by atoms with Gasteiger partial charge in [-0.2, -0.15) is 0 Å². The van der Waals surface area contributed by atoms with Crippen LogP contribution in [0.15, 0.2) is 42.5 Å². The number of carbonyl (C=O) groups excluding carboxylic acids is 1. The maximum atomic E-state index is 12.4. The summed E-state index contributed by atoms with van der Waals surface area (Å²) in [5.74, 6) is -0.174. The molecule has 5 nitrogen and oxygen atoms in total. The van der Waals surface area contributed by atoms with Crippen LogP contribution in [0.25, 0.3) is 0 Å². The summed E-state index contributed by atoms with van der Waals surface area (Å²) >= 11 is 6.05. The monoisotopic (exact) mass is 364 g/mol. The van der Waals surface area contributed by atoms with Crippen LogP contribution in [0.2, 0.25) is 5.02 Å². The summed E-state index contributed by atoms with van der Waals surface area (Å²) in [5.41, 5.74) is 2.35. The summed E-state index contributed by atoms with van der Waals surface area (Å²) in [5, 5.41) is 3.18. The third-order valence-electron chi connectivity index (χ3n) is 3.98. The lowest BCUT2D eigenvalue weighted by Gasteiger charge is -2.19. The second-order valence-corrected chi connectivity index (χ2v) is 8.09. The van der Waals surface area contributed by atoms with Gasteiger partial charge in [-0.15, -0.1) is 0 Å². The molecule has 0 radical (unpaired) electrons. The number of anilines is 2. The molecule has 0 spiro atoms. The van der Waals surface area contributed by atoms with Crippen molar-refractivity contribution in [1.82, 2.24) is 0 Å². The van der Waals surface area contributed by atoms with Gasteiger partial charge in [0.05, 0.1) is 22.0 Å². The van der Waals surface area contributed by atoms with E-state index in [1.165, 1.54) is 4.31 Å². The van der Waals surface area contributed by atoms with Crippen LogP contribution >= 0.6 is 11.6 Å². The van der Waals surface area contributed by atoms with Gasteiger partial charge >= 0.3 is 0 Å². The molecule has 1 aliphatic heterocycles. The minimum atomic E-state index is -3.26. The van der Waals surface area contributed by atoms with Crippen LogP contribution in [0.3, 0.4) is 0 Å². The molecule has 1 aliphatic rings. The highest BCUT2D eigenvalue weighted by atomic mass is 35.5. The quantitative estimate of drug-likeness (QED) is 0.907. The number of nitrogens with zero attached hydrogens (tertiary/aromatic N) is 1. The van der Waals surface area contributed by atoms with E-state index in [1.807, 2.05) is 6.92 Å². The smallest absolute Gasteiger partial charge is 0.257 e. The third-order valence-corrected chi connectivity index (χ3v) is 6.17. The Morgan fingerprint density at radius 2 is 1.96 bits per heavy atom. The standard InChI is InChI=1S/C17H17ClN2O3S/c1-12-7-8-13(20-9-4-10-24(20,22)23)11-16(12)19-17(21)14-5-2-3-6-15(14)18/h2-3,5-8,11H,4,9-10H2,1H3,(H,19,21). The van der Waals surface area contributed by atoms with Crippen LogP contribution < -0.4 is 9.62 Å². The van der Waals surface area contributed by atoms with Crippen molar-refractivity contribution in [3.63, 3.8) is 0 Å². The van der Waals surface area contributed by atoms with Crippen molar-refractivity contribution in [1.29, 1.82) is 0 Å². The van der Waals surface area contributed by atoms with Gasteiger partial charge in [-0.3, -0.25) is 9.10 Å². The number of amides is 1. The molecule has 2 aromatic rings. The number of rotatable bonds is 3. The summed E-state index contributed by atoms with van der Waals surface area (Å²) in [6.45, 7) is 2.31. The van der Waals surface area contributed by atoms with Crippen LogP contribution in [-0.2, 0) is 10.0 Å². The van der Waals surface area contributed by atoms with Crippen LogP contribution in [0, 0.1) is 6.92 Å². The number of hydrogen-bond donors (Lipinski definition) is 1. The Balaban J connectivity index is 1.90. The fourth-order valence-electron chi connectivity index (χ4n) is 2.66. The lowest BCUT2D eigenvalue weighted by molar-refractivity contribution is 0.102. The average molecular weight is 365 g/mol. The maximum absolute atomic E-state index is 12.4. The Morgan fingerprint density at radius 3 is 2.62 bits per heavy atom. The second-order valence-electron chi connectivity index (χ2n) is 5.67. The fraction of sp³-hybridized carbons (Fsp3) is 0.235. The third kappa shape index (κ3) is 3.25. The summed E-state index contributed by atoms with van der Waals surface area (Å²) in [7, 11) is -3.26. The fourth-order valence-corrected chi connectivity index (χ4v) is 4.44. The van der Waals surface area contributed by atoms with Gasteiger partial charge in [0, 0.05) is 12.2 Å². The van der Waals surface area contributed by atoms with Crippen molar-refractivity contribution >= 4 is 38.9 Å².